The molecule has 0 saturated heterocycles. The first kappa shape index (κ1) is 18.5. The van der Waals surface area contributed by atoms with Crippen molar-refractivity contribution in [1.82, 2.24) is 5.43 Å². The highest BCUT2D eigenvalue weighted by atomic mass is 35.5. The number of carbonyl (C=O) groups excluding carboxylic acids is 1. The lowest BCUT2D eigenvalue weighted by molar-refractivity contribution is -0.121. The molecule has 0 heterocycles. The predicted molar refractivity (Wildman–Crippen MR) is 91.6 cm³/mol. The van der Waals surface area contributed by atoms with Crippen molar-refractivity contribution in [2.75, 3.05) is 6.61 Å². The van der Waals surface area contributed by atoms with E-state index in [9.17, 15) is 4.79 Å². The summed E-state index contributed by atoms with van der Waals surface area (Å²) in [6.07, 6.45) is 1.93. The molecule has 1 aromatic carbocycles. The SMILES string of the molecule is CC(CC(C)C)=NNC(=O)CCCOc1ccc(Cl)cc1C. The number of amides is 1. The molecule has 0 spiro atoms. The second kappa shape index (κ2) is 9.46. The molecule has 0 atom stereocenters. The van der Waals surface area contributed by atoms with Gasteiger partial charge in [-0.25, -0.2) is 5.43 Å². The van der Waals surface area contributed by atoms with Gasteiger partial charge in [-0.05, 0) is 56.4 Å². The molecule has 0 unspecified atom stereocenters. The van der Waals surface area contributed by atoms with E-state index in [2.05, 4.69) is 24.4 Å². The van der Waals surface area contributed by atoms with E-state index in [1.807, 2.05) is 26.0 Å². The van der Waals surface area contributed by atoms with E-state index in [0.29, 0.717) is 30.4 Å². The minimum Gasteiger partial charge on any atom is -0.493 e. The van der Waals surface area contributed by atoms with Crippen LogP contribution in [0, 0.1) is 12.8 Å². The number of nitrogens with one attached hydrogen (secondary N) is 1. The fourth-order valence-electron chi connectivity index (χ4n) is 2.04. The van der Waals surface area contributed by atoms with Crippen molar-refractivity contribution in [3.05, 3.63) is 28.8 Å². The normalized spacial score (nSPS) is 11.6. The van der Waals surface area contributed by atoms with E-state index in [-0.39, 0.29) is 5.91 Å². The number of aryl methyl sites for hydroxylation is 1. The summed E-state index contributed by atoms with van der Waals surface area (Å²) in [6.45, 7) is 8.60. The number of benzene rings is 1. The Hall–Kier alpha value is -1.55. The zero-order chi connectivity index (χ0) is 16.5. The Morgan fingerprint density at radius 2 is 2.14 bits per heavy atom. The third-order valence-electron chi connectivity index (χ3n) is 3.02. The van der Waals surface area contributed by atoms with Crippen molar-refractivity contribution in [2.45, 2.75) is 47.0 Å². The van der Waals surface area contributed by atoms with E-state index in [1.54, 1.807) is 6.07 Å². The van der Waals surface area contributed by atoms with Gasteiger partial charge in [0.05, 0.1) is 6.61 Å². The number of ether oxygens (including phenoxy) is 1. The van der Waals surface area contributed by atoms with Gasteiger partial charge in [0, 0.05) is 17.2 Å². The van der Waals surface area contributed by atoms with Crippen LogP contribution in [0.25, 0.3) is 0 Å². The van der Waals surface area contributed by atoms with Crippen LogP contribution in [0.3, 0.4) is 0 Å². The molecule has 1 amide bonds. The Labute approximate surface area is 137 Å². The fraction of sp³-hybridized carbons (Fsp3) is 0.529. The summed E-state index contributed by atoms with van der Waals surface area (Å²) in [6, 6.07) is 5.50. The van der Waals surface area contributed by atoms with Crippen LogP contribution in [-0.4, -0.2) is 18.2 Å². The van der Waals surface area contributed by atoms with Crippen LogP contribution >= 0.6 is 11.6 Å². The molecule has 0 saturated carbocycles. The molecule has 0 radical (unpaired) electrons. The number of hydrazone groups is 1. The summed E-state index contributed by atoms with van der Waals surface area (Å²) in [4.78, 5) is 11.7. The summed E-state index contributed by atoms with van der Waals surface area (Å²) in [5.41, 5.74) is 4.51. The summed E-state index contributed by atoms with van der Waals surface area (Å²) < 4.78 is 5.65. The quantitative estimate of drug-likeness (QED) is 0.439. The lowest BCUT2D eigenvalue weighted by Crippen LogP contribution is -2.19. The second-order valence-corrected chi connectivity index (χ2v) is 6.28. The minimum absolute atomic E-state index is 0.0838. The molecule has 5 heteroatoms. The van der Waals surface area contributed by atoms with Gasteiger partial charge in [-0.2, -0.15) is 5.10 Å². The molecule has 0 aliphatic rings. The average molecular weight is 325 g/mol. The number of nitrogens with zero attached hydrogens (tertiary/aromatic N) is 1. The van der Waals surface area contributed by atoms with Crippen LogP contribution in [-0.2, 0) is 4.79 Å². The Morgan fingerprint density at radius 3 is 2.77 bits per heavy atom. The summed E-state index contributed by atoms with van der Waals surface area (Å²) in [5, 5.41) is 4.78. The van der Waals surface area contributed by atoms with Gasteiger partial charge < -0.3 is 4.74 Å². The van der Waals surface area contributed by atoms with Crippen LogP contribution in [0.4, 0.5) is 0 Å². The monoisotopic (exact) mass is 324 g/mol. The number of halogens is 1. The lowest BCUT2D eigenvalue weighted by Gasteiger charge is -2.09. The van der Waals surface area contributed by atoms with Crippen molar-refractivity contribution in [3.63, 3.8) is 0 Å². The van der Waals surface area contributed by atoms with Crippen molar-refractivity contribution < 1.29 is 9.53 Å². The molecule has 22 heavy (non-hydrogen) atoms. The number of rotatable bonds is 8. The van der Waals surface area contributed by atoms with Crippen LogP contribution in [0.2, 0.25) is 5.02 Å². The van der Waals surface area contributed by atoms with E-state index >= 15 is 0 Å². The van der Waals surface area contributed by atoms with Gasteiger partial charge in [0.2, 0.25) is 5.91 Å². The van der Waals surface area contributed by atoms with Gasteiger partial charge in [0.25, 0.3) is 0 Å². The molecule has 0 fully saturated rings. The molecule has 122 valence electrons. The van der Waals surface area contributed by atoms with E-state index in [1.165, 1.54) is 0 Å². The van der Waals surface area contributed by atoms with Crippen molar-refractivity contribution >= 4 is 23.2 Å². The first-order valence-corrected chi connectivity index (χ1v) is 7.97. The van der Waals surface area contributed by atoms with Crippen molar-refractivity contribution in [1.29, 1.82) is 0 Å². The summed E-state index contributed by atoms with van der Waals surface area (Å²) in [7, 11) is 0. The van der Waals surface area contributed by atoms with Crippen LogP contribution in [0.5, 0.6) is 5.75 Å². The lowest BCUT2D eigenvalue weighted by atomic mass is 10.1. The fourth-order valence-corrected chi connectivity index (χ4v) is 2.27. The molecule has 0 aliphatic carbocycles. The Kier molecular flexibility index (Phi) is 7.96. The average Bonchev–Trinajstić information content (AvgIpc) is 2.42. The van der Waals surface area contributed by atoms with E-state index < -0.39 is 0 Å². The maximum Gasteiger partial charge on any atom is 0.240 e. The van der Waals surface area contributed by atoms with Gasteiger partial charge in [-0.3, -0.25) is 4.79 Å². The van der Waals surface area contributed by atoms with E-state index in [0.717, 1.165) is 23.4 Å². The number of hydrogen-bond acceptors (Lipinski definition) is 3. The van der Waals surface area contributed by atoms with Crippen LogP contribution < -0.4 is 10.2 Å². The highest BCUT2D eigenvalue weighted by Gasteiger charge is 2.04. The topological polar surface area (TPSA) is 50.7 Å². The van der Waals surface area contributed by atoms with Crippen molar-refractivity contribution in [3.8, 4) is 5.75 Å². The van der Waals surface area contributed by atoms with Gasteiger partial charge in [-0.15, -0.1) is 0 Å². The van der Waals surface area contributed by atoms with Crippen molar-refractivity contribution in [2.24, 2.45) is 11.0 Å². The standard InChI is InChI=1S/C17H25ClN2O2/c1-12(2)10-14(4)19-20-17(21)6-5-9-22-16-8-7-15(18)11-13(16)3/h7-8,11-12H,5-6,9-10H2,1-4H3,(H,20,21). The largest absolute Gasteiger partial charge is 0.493 e. The first-order valence-electron chi connectivity index (χ1n) is 7.59. The number of carbonyl (C=O) groups is 1. The smallest absolute Gasteiger partial charge is 0.240 e. The molecule has 0 aromatic heterocycles. The summed E-state index contributed by atoms with van der Waals surface area (Å²) >= 11 is 5.89. The maximum atomic E-state index is 11.7. The molecule has 0 bridgehead atoms. The predicted octanol–water partition coefficient (Wildman–Crippen LogP) is 4.35. The Morgan fingerprint density at radius 1 is 1.41 bits per heavy atom. The second-order valence-electron chi connectivity index (χ2n) is 5.84. The zero-order valence-electron chi connectivity index (χ0n) is 13.8. The Bertz CT molecular complexity index is 527. The Balaban J connectivity index is 2.25. The van der Waals surface area contributed by atoms with Gasteiger partial charge in [0.15, 0.2) is 0 Å². The number of hydrogen-bond donors (Lipinski definition) is 1. The highest BCUT2D eigenvalue weighted by Crippen LogP contribution is 2.21. The zero-order valence-corrected chi connectivity index (χ0v) is 14.5. The molecule has 1 rings (SSSR count). The molecule has 1 aromatic rings. The minimum atomic E-state index is -0.0838. The third kappa shape index (κ3) is 7.46. The molecular formula is C17H25ClN2O2. The molecular weight excluding hydrogens is 300 g/mol. The van der Waals surface area contributed by atoms with Crippen LogP contribution in [0.1, 0.15) is 45.6 Å². The first-order chi connectivity index (χ1) is 10.4. The van der Waals surface area contributed by atoms with Gasteiger partial charge in [0.1, 0.15) is 5.75 Å². The molecule has 1 N–H and O–H groups in total. The van der Waals surface area contributed by atoms with Gasteiger partial charge >= 0.3 is 0 Å². The molecule has 4 nitrogen and oxygen atoms in total. The van der Waals surface area contributed by atoms with Gasteiger partial charge in [-0.1, -0.05) is 25.4 Å². The summed E-state index contributed by atoms with van der Waals surface area (Å²) in [5.74, 6) is 1.26. The highest BCUT2D eigenvalue weighted by molar-refractivity contribution is 6.30. The molecule has 0 aliphatic heterocycles. The maximum absolute atomic E-state index is 11.7. The van der Waals surface area contributed by atoms with E-state index in [4.69, 9.17) is 16.3 Å². The van der Waals surface area contributed by atoms with Crippen LogP contribution in [0.15, 0.2) is 23.3 Å². The third-order valence-corrected chi connectivity index (χ3v) is 3.25.